The van der Waals surface area contributed by atoms with Crippen molar-refractivity contribution in [2.45, 2.75) is 32.4 Å². The van der Waals surface area contributed by atoms with Crippen molar-refractivity contribution < 1.29 is 9.50 Å². The molecular weight excluding hydrogens is 261 g/mol. The van der Waals surface area contributed by atoms with Crippen LogP contribution in [0.15, 0.2) is 35.7 Å². The van der Waals surface area contributed by atoms with Gasteiger partial charge in [0.05, 0.1) is 0 Å². The number of aromatic hydroxyl groups is 1. The normalized spacial score (nSPS) is 12.5. The van der Waals surface area contributed by atoms with Gasteiger partial charge in [0.2, 0.25) is 0 Å². The number of nitrogens with one attached hydrogen (secondary N) is 1. The fourth-order valence-electron chi connectivity index (χ4n) is 2.05. The third-order valence-corrected chi connectivity index (χ3v) is 4.03. The zero-order valence-electron chi connectivity index (χ0n) is 10.9. The fourth-order valence-corrected chi connectivity index (χ4v) is 2.89. The quantitative estimate of drug-likeness (QED) is 0.829. The molecule has 0 amide bonds. The maximum atomic E-state index is 13.2. The highest BCUT2D eigenvalue weighted by molar-refractivity contribution is 7.10. The molecule has 102 valence electrons. The van der Waals surface area contributed by atoms with Gasteiger partial charge in [0.15, 0.2) is 0 Å². The summed E-state index contributed by atoms with van der Waals surface area (Å²) in [6.45, 7) is 2.61. The van der Waals surface area contributed by atoms with Gasteiger partial charge in [-0.05, 0) is 36.1 Å². The molecule has 19 heavy (non-hydrogen) atoms. The van der Waals surface area contributed by atoms with Crippen LogP contribution >= 0.6 is 11.3 Å². The summed E-state index contributed by atoms with van der Waals surface area (Å²) in [5.74, 6) is -0.187. The molecule has 2 aromatic rings. The molecule has 0 bridgehead atoms. The number of benzene rings is 1. The predicted molar refractivity (Wildman–Crippen MR) is 76.9 cm³/mol. The summed E-state index contributed by atoms with van der Waals surface area (Å²) in [5, 5.41) is 15.2. The summed E-state index contributed by atoms with van der Waals surface area (Å²) >= 11 is 1.71. The van der Waals surface area contributed by atoms with E-state index in [0.29, 0.717) is 12.1 Å². The van der Waals surface area contributed by atoms with Crippen LogP contribution < -0.4 is 5.32 Å². The molecule has 1 aromatic carbocycles. The lowest BCUT2D eigenvalue weighted by Crippen LogP contribution is -2.20. The topological polar surface area (TPSA) is 32.3 Å². The average Bonchev–Trinajstić information content (AvgIpc) is 2.92. The SMILES string of the molecule is CCCC(NCc1cc(F)ccc1O)c1cccs1. The highest BCUT2D eigenvalue weighted by atomic mass is 32.1. The molecule has 4 heteroatoms. The van der Waals surface area contributed by atoms with E-state index in [-0.39, 0.29) is 17.6 Å². The third-order valence-electron chi connectivity index (χ3n) is 3.04. The summed E-state index contributed by atoms with van der Waals surface area (Å²) in [4.78, 5) is 1.28. The second kappa shape index (κ2) is 6.68. The molecule has 0 aliphatic rings. The van der Waals surface area contributed by atoms with Crippen LogP contribution in [0.5, 0.6) is 5.75 Å². The first-order chi connectivity index (χ1) is 9.20. The first-order valence-corrected chi connectivity index (χ1v) is 7.33. The van der Waals surface area contributed by atoms with E-state index in [2.05, 4.69) is 23.7 Å². The summed E-state index contributed by atoms with van der Waals surface area (Å²) in [6, 6.07) is 8.42. The predicted octanol–water partition coefficient (Wildman–Crippen LogP) is 4.22. The Morgan fingerprint density at radius 3 is 2.89 bits per heavy atom. The summed E-state index contributed by atoms with van der Waals surface area (Å²) in [5.41, 5.74) is 0.595. The lowest BCUT2D eigenvalue weighted by molar-refractivity contribution is 0.449. The van der Waals surface area contributed by atoms with E-state index >= 15 is 0 Å². The van der Waals surface area contributed by atoms with E-state index in [4.69, 9.17) is 0 Å². The number of phenols is 1. The molecular formula is C15H18FNOS. The van der Waals surface area contributed by atoms with Crippen LogP contribution in [0.2, 0.25) is 0 Å². The third kappa shape index (κ3) is 3.78. The lowest BCUT2D eigenvalue weighted by atomic mass is 10.1. The Bertz CT molecular complexity index is 513. The number of halogens is 1. The molecule has 1 aromatic heterocycles. The Hall–Kier alpha value is -1.39. The number of hydrogen-bond donors (Lipinski definition) is 2. The second-order valence-electron chi connectivity index (χ2n) is 4.51. The van der Waals surface area contributed by atoms with Crippen LogP contribution in [0.3, 0.4) is 0 Å². The zero-order valence-corrected chi connectivity index (χ0v) is 11.7. The number of thiophene rings is 1. The molecule has 2 rings (SSSR count). The number of hydrogen-bond acceptors (Lipinski definition) is 3. The monoisotopic (exact) mass is 279 g/mol. The molecule has 2 nitrogen and oxygen atoms in total. The van der Waals surface area contributed by atoms with Gasteiger partial charge in [0.1, 0.15) is 11.6 Å². The largest absolute Gasteiger partial charge is 0.508 e. The first kappa shape index (κ1) is 14.0. The van der Waals surface area contributed by atoms with Crippen molar-refractivity contribution in [3.05, 3.63) is 52.0 Å². The smallest absolute Gasteiger partial charge is 0.123 e. The summed E-state index contributed by atoms with van der Waals surface area (Å²) < 4.78 is 13.2. The zero-order chi connectivity index (χ0) is 13.7. The number of phenolic OH excluding ortho intramolecular Hbond substituents is 1. The van der Waals surface area contributed by atoms with Gasteiger partial charge in [-0.1, -0.05) is 19.4 Å². The minimum atomic E-state index is -0.322. The van der Waals surface area contributed by atoms with Crippen molar-refractivity contribution >= 4 is 11.3 Å². The van der Waals surface area contributed by atoms with Crippen molar-refractivity contribution in [1.82, 2.24) is 5.32 Å². The van der Waals surface area contributed by atoms with Gasteiger partial charge in [0, 0.05) is 23.0 Å². The fraction of sp³-hybridized carbons (Fsp3) is 0.333. The van der Waals surface area contributed by atoms with Crippen LogP contribution in [0.1, 0.15) is 36.2 Å². The maximum Gasteiger partial charge on any atom is 0.123 e. The van der Waals surface area contributed by atoms with Gasteiger partial charge in [-0.2, -0.15) is 0 Å². The van der Waals surface area contributed by atoms with Crippen LogP contribution in [-0.4, -0.2) is 5.11 Å². The second-order valence-corrected chi connectivity index (χ2v) is 5.49. The van der Waals surface area contributed by atoms with E-state index in [0.717, 1.165) is 12.8 Å². The Kier molecular flexibility index (Phi) is 4.93. The summed E-state index contributed by atoms with van der Waals surface area (Å²) in [6.07, 6.45) is 2.10. The highest BCUT2D eigenvalue weighted by Gasteiger charge is 2.12. The Morgan fingerprint density at radius 1 is 1.37 bits per heavy atom. The number of rotatable bonds is 6. The van der Waals surface area contributed by atoms with Crippen LogP contribution in [0, 0.1) is 5.82 Å². The molecule has 1 unspecified atom stereocenters. The van der Waals surface area contributed by atoms with E-state index in [1.165, 1.54) is 23.1 Å². The standard InChI is InChI=1S/C15H18FNOS/c1-2-4-13(15-5-3-8-19-15)17-10-11-9-12(16)6-7-14(11)18/h3,5-9,13,17-18H,2,4,10H2,1H3. The highest BCUT2D eigenvalue weighted by Crippen LogP contribution is 2.25. The van der Waals surface area contributed by atoms with Crippen molar-refractivity contribution in [2.24, 2.45) is 0 Å². The Labute approximate surface area is 116 Å². The van der Waals surface area contributed by atoms with Crippen molar-refractivity contribution in [1.29, 1.82) is 0 Å². The van der Waals surface area contributed by atoms with Crippen LogP contribution in [0.25, 0.3) is 0 Å². The molecule has 1 atom stereocenters. The van der Waals surface area contributed by atoms with Crippen molar-refractivity contribution in [3.63, 3.8) is 0 Å². The van der Waals surface area contributed by atoms with E-state index in [9.17, 15) is 9.50 Å². The van der Waals surface area contributed by atoms with E-state index < -0.39 is 0 Å². The minimum absolute atomic E-state index is 0.135. The van der Waals surface area contributed by atoms with Gasteiger partial charge < -0.3 is 10.4 Å². The molecule has 0 saturated heterocycles. The molecule has 1 heterocycles. The molecule has 0 radical (unpaired) electrons. The molecule has 0 spiro atoms. The molecule has 0 saturated carbocycles. The molecule has 2 N–H and O–H groups in total. The Morgan fingerprint density at radius 2 is 2.21 bits per heavy atom. The van der Waals surface area contributed by atoms with Crippen LogP contribution in [0.4, 0.5) is 4.39 Å². The average molecular weight is 279 g/mol. The maximum absolute atomic E-state index is 13.2. The van der Waals surface area contributed by atoms with Gasteiger partial charge in [-0.3, -0.25) is 0 Å². The van der Waals surface area contributed by atoms with Gasteiger partial charge in [-0.15, -0.1) is 11.3 Å². The van der Waals surface area contributed by atoms with Crippen LogP contribution in [-0.2, 0) is 6.54 Å². The molecule has 0 aliphatic heterocycles. The van der Waals surface area contributed by atoms with Crippen molar-refractivity contribution in [2.75, 3.05) is 0 Å². The summed E-state index contributed by atoms with van der Waals surface area (Å²) in [7, 11) is 0. The molecule has 0 fully saturated rings. The van der Waals surface area contributed by atoms with Gasteiger partial charge >= 0.3 is 0 Å². The Balaban J connectivity index is 2.04. The van der Waals surface area contributed by atoms with E-state index in [1.807, 2.05) is 6.07 Å². The van der Waals surface area contributed by atoms with Gasteiger partial charge in [-0.25, -0.2) is 4.39 Å². The minimum Gasteiger partial charge on any atom is -0.508 e. The van der Waals surface area contributed by atoms with Crippen molar-refractivity contribution in [3.8, 4) is 5.75 Å². The first-order valence-electron chi connectivity index (χ1n) is 6.45. The van der Waals surface area contributed by atoms with Gasteiger partial charge in [0.25, 0.3) is 0 Å². The van der Waals surface area contributed by atoms with E-state index in [1.54, 1.807) is 11.3 Å². The lowest BCUT2D eigenvalue weighted by Gasteiger charge is -2.17. The molecule has 0 aliphatic carbocycles.